The minimum absolute atomic E-state index is 0.0814. The molecule has 112 valence electrons. The van der Waals surface area contributed by atoms with Crippen LogP contribution in [0.2, 0.25) is 0 Å². The molecule has 1 heterocycles. The van der Waals surface area contributed by atoms with Crippen LogP contribution >= 0.6 is 11.8 Å². The smallest absolute Gasteiger partial charge is 0.233 e. The molecule has 6 heteroatoms. The molecule has 1 aromatic carbocycles. The van der Waals surface area contributed by atoms with E-state index in [1.165, 1.54) is 11.8 Å². The van der Waals surface area contributed by atoms with Gasteiger partial charge >= 0.3 is 0 Å². The monoisotopic (exact) mass is 305 g/mol. The van der Waals surface area contributed by atoms with E-state index in [-0.39, 0.29) is 11.2 Å². The highest BCUT2D eigenvalue weighted by Crippen LogP contribution is 2.27. The molecule has 1 aliphatic carbocycles. The molecule has 5 nitrogen and oxygen atoms in total. The van der Waals surface area contributed by atoms with Crippen molar-refractivity contribution in [2.24, 2.45) is 0 Å². The van der Waals surface area contributed by atoms with Gasteiger partial charge in [-0.2, -0.15) is 0 Å². The number of carbonyl (C=O) groups excluding carboxylic acids is 1. The van der Waals surface area contributed by atoms with Crippen LogP contribution in [-0.2, 0) is 4.79 Å². The fourth-order valence-electron chi connectivity index (χ4n) is 2.04. The molecule has 0 unspecified atom stereocenters. The van der Waals surface area contributed by atoms with Crippen molar-refractivity contribution in [2.45, 2.75) is 43.1 Å². The lowest BCUT2D eigenvalue weighted by Gasteiger charge is -2.09. The van der Waals surface area contributed by atoms with E-state index in [1.54, 1.807) is 0 Å². The molecule has 1 atom stereocenters. The molecule has 1 fully saturated rings. The molecule has 2 N–H and O–H groups in total. The average Bonchev–Trinajstić information content (AvgIpc) is 3.17. The summed E-state index contributed by atoms with van der Waals surface area (Å²) >= 11 is 1.45. The van der Waals surface area contributed by atoms with Crippen molar-refractivity contribution < 1.29 is 9.53 Å². The number of hydrogen-bond donors (Lipinski definition) is 2. The zero-order valence-electron chi connectivity index (χ0n) is 12.2. The zero-order chi connectivity index (χ0) is 14.8. The molecule has 0 spiro atoms. The van der Waals surface area contributed by atoms with E-state index < -0.39 is 0 Å². The summed E-state index contributed by atoms with van der Waals surface area (Å²) in [4.78, 5) is 19.7. The Kier molecular flexibility index (Phi) is 4.05. The Labute approximate surface area is 127 Å². The lowest BCUT2D eigenvalue weighted by atomic mass is 10.3. The highest BCUT2D eigenvalue weighted by Gasteiger charge is 2.26. The zero-order valence-corrected chi connectivity index (χ0v) is 13.0. The molecule has 0 bridgehead atoms. The van der Waals surface area contributed by atoms with Gasteiger partial charge in [0.05, 0.1) is 22.9 Å². The number of hydrogen-bond acceptors (Lipinski definition) is 4. The maximum atomic E-state index is 12.0. The third-order valence-corrected chi connectivity index (χ3v) is 4.31. The Morgan fingerprint density at radius 3 is 3.10 bits per heavy atom. The van der Waals surface area contributed by atoms with Gasteiger partial charge in [0.2, 0.25) is 5.91 Å². The van der Waals surface area contributed by atoms with Crippen molar-refractivity contribution in [1.82, 2.24) is 15.3 Å². The number of thioether (sulfide) groups is 1. The van der Waals surface area contributed by atoms with Gasteiger partial charge in [0.25, 0.3) is 0 Å². The molecule has 3 rings (SSSR count). The molecular weight excluding hydrogens is 286 g/mol. The van der Waals surface area contributed by atoms with E-state index in [2.05, 4.69) is 15.3 Å². The number of imidazole rings is 1. The predicted octanol–water partition coefficient (Wildman–Crippen LogP) is 2.72. The van der Waals surface area contributed by atoms with Crippen LogP contribution in [0, 0.1) is 0 Å². The van der Waals surface area contributed by atoms with E-state index in [0.717, 1.165) is 34.8 Å². The van der Waals surface area contributed by atoms with Gasteiger partial charge in [-0.3, -0.25) is 4.79 Å². The van der Waals surface area contributed by atoms with Crippen LogP contribution in [0.15, 0.2) is 23.4 Å². The number of rotatable bonds is 6. The van der Waals surface area contributed by atoms with Crippen LogP contribution in [0.5, 0.6) is 5.75 Å². The molecule has 1 saturated carbocycles. The maximum Gasteiger partial charge on any atom is 0.233 e. The summed E-state index contributed by atoms with van der Waals surface area (Å²) in [7, 11) is 0. The Balaban J connectivity index is 1.69. The molecule has 1 amide bonds. The summed E-state index contributed by atoms with van der Waals surface area (Å²) in [6, 6.07) is 6.16. The number of fused-ring (bicyclic) bond motifs is 1. The summed E-state index contributed by atoms with van der Waals surface area (Å²) in [6.45, 7) is 4.50. The normalized spacial score (nSPS) is 15.9. The number of nitrogens with zero attached hydrogens (tertiary/aromatic N) is 1. The topological polar surface area (TPSA) is 67.0 Å². The SMILES string of the molecule is CCOc1ccc2nc(S[C@H](C)C(=O)NC3CC3)[nH]c2c1. The second-order valence-corrected chi connectivity index (χ2v) is 6.53. The average molecular weight is 305 g/mol. The minimum Gasteiger partial charge on any atom is -0.494 e. The Bertz CT molecular complexity index is 651. The summed E-state index contributed by atoms with van der Waals surface area (Å²) < 4.78 is 5.47. The van der Waals surface area contributed by atoms with Crippen molar-refractivity contribution in [2.75, 3.05) is 6.61 Å². The highest BCUT2D eigenvalue weighted by atomic mass is 32.2. The number of aromatic nitrogens is 2. The number of benzene rings is 1. The van der Waals surface area contributed by atoms with Crippen molar-refractivity contribution in [3.8, 4) is 5.75 Å². The molecule has 1 aromatic heterocycles. The van der Waals surface area contributed by atoms with E-state index in [4.69, 9.17) is 4.74 Å². The van der Waals surface area contributed by atoms with Gasteiger partial charge in [0, 0.05) is 12.1 Å². The van der Waals surface area contributed by atoms with Crippen LogP contribution in [-0.4, -0.2) is 33.8 Å². The van der Waals surface area contributed by atoms with E-state index in [9.17, 15) is 4.79 Å². The first kappa shape index (κ1) is 14.3. The number of aromatic amines is 1. The van der Waals surface area contributed by atoms with Gasteiger partial charge in [-0.25, -0.2) is 4.98 Å². The summed E-state index contributed by atoms with van der Waals surface area (Å²) in [6.07, 6.45) is 2.21. The van der Waals surface area contributed by atoms with Crippen molar-refractivity contribution in [3.05, 3.63) is 18.2 Å². The van der Waals surface area contributed by atoms with E-state index >= 15 is 0 Å². The van der Waals surface area contributed by atoms with Gasteiger partial charge in [0.15, 0.2) is 5.16 Å². The summed E-state index contributed by atoms with van der Waals surface area (Å²) in [5.41, 5.74) is 1.81. The van der Waals surface area contributed by atoms with Crippen LogP contribution in [0.4, 0.5) is 0 Å². The quantitative estimate of drug-likeness (QED) is 0.805. The van der Waals surface area contributed by atoms with Crippen LogP contribution < -0.4 is 10.1 Å². The van der Waals surface area contributed by atoms with Gasteiger partial charge in [-0.05, 0) is 38.8 Å². The van der Waals surface area contributed by atoms with Crippen LogP contribution in [0.1, 0.15) is 26.7 Å². The molecular formula is C15H19N3O2S. The molecule has 2 aromatic rings. The third-order valence-electron chi connectivity index (χ3n) is 3.32. The predicted molar refractivity (Wildman–Crippen MR) is 83.7 cm³/mol. The highest BCUT2D eigenvalue weighted by molar-refractivity contribution is 8.00. The molecule has 0 saturated heterocycles. The number of H-pyrrole nitrogens is 1. The van der Waals surface area contributed by atoms with Crippen molar-refractivity contribution >= 4 is 28.7 Å². The molecule has 21 heavy (non-hydrogen) atoms. The van der Waals surface area contributed by atoms with Crippen LogP contribution in [0.3, 0.4) is 0 Å². The Morgan fingerprint density at radius 1 is 1.57 bits per heavy atom. The maximum absolute atomic E-state index is 12.0. The second kappa shape index (κ2) is 5.97. The van der Waals surface area contributed by atoms with Crippen molar-refractivity contribution in [3.63, 3.8) is 0 Å². The van der Waals surface area contributed by atoms with Crippen molar-refractivity contribution in [1.29, 1.82) is 0 Å². The van der Waals surface area contributed by atoms with Gasteiger partial charge in [-0.1, -0.05) is 11.8 Å². The van der Waals surface area contributed by atoms with E-state index in [1.807, 2.05) is 32.0 Å². The summed E-state index contributed by atoms with van der Waals surface area (Å²) in [5.74, 6) is 0.905. The molecule has 0 radical (unpaired) electrons. The Hall–Kier alpha value is -1.69. The summed E-state index contributed by atoms with van der Waals surface area (Å²) in [5, 5.41) is 3.62. The molecule has 0 aliphatic heterocycles. The van der Waals surface area contributed by atoms with Gasteiger partial charge in [0.1, 0.15) is 5.75 Å². The fourth-order valence-corrected chi connectivity index (χ4v) is 2.87. The lowest BCUT2D eigenvalue weighted by Crippen LogP contribution is -2.32. The minimum atomic E-state index is -0.155. The van der Waals surface area contributed by atoms with Gasteiger partial charge < -0.3 is 15.0 Å². The van der Waals surface area contributed by atoms with Crippen LogP contribution in [0.25, 0.3) is 11.0 Å². The largest absolute Gasteiger partial charge is 0.494 e. The number of carbonyl (C=O) groups is 1. The second-order valence-electron chi connectivity index (χ2n) is 5.20. The number of amides is 1. The standard InChI is InChI=1S/C15H19N3O2S/c1-3-20-11-6-7-12-13(8-11)18-15(17-12)21-9(2)14(19)16-10-4-5-10/h6-10H,3-5H2,1-2H3,(H,16,19)(H,17,18)/t9-/m1/s1. The first-order valence-corrected chi connectivity index (χ1v) is 8.13. The van der Waals surface area contributed by atoms with Gasteiger partial charge in [-0.15, -0.1) is 0 Å². The first-order valence-electron chi connectivity index (χ1n) is 7.25. The number of ether oxygens (including phenoxy) is 1. The number of nitrogens with one attached hydrogen (secondary N) is 2. The lowest BCUT2D eigenvalue weighted by molar-refractivity contribution is -0.120. The fraction of sp³-hybridized carbons (Fsp3) is 0.467. The molecule has 1 aliphatic rings. The first-order chi connectivity index (χ1) is 10.2. The third kappa shape index (κ3) is 3.50. The van der Waals surface area contributed by atoms with E-state index in [0.29, 0.717) is 12.6 Å². The Morgan fingerprint density at radius 2 is 2.38 bits per heavy atom.